The normalized spacial score (nSPS) is 12.5. The third-order valence-corrected chi connectivity index (χ3v) is 3.01. The lowest BCUT2D eigenvalue weighted by Crippen LogP contribution is -2.54. The van der Waals surface area contributed by atoms with Crippen molar-refractivity contribution in [3.8, 4) is 0 Å². The van der Waals surface area contributed by atoms with Crippen molar-refractivity contribution in [3.05, 3.63) is 0 Å². The second-order valence-corrected chi connectivity index (χ2v) is 7.90. The van der Waals surface area contributed by atoms with Crippen molar-refractivity contribution >= 4 is 36.0 Å². The second-order valence-electron chi connectivity index (χ2n) is 7.90. The van der Waals surface area contributed by atoms with Gasteiger partial charge in [0, 0.05) is 20.1 Å². The average Bonchev–Trinajstić information content (AvgIpc) is 2.34. The molecular weight excluding hydrogens is 419 g/mol. The second kappa shape index (κ2) is 11.8. The Bertz CT molecular complexity index is 391. The zero-order valence-corrected chi connectivity index (χ0v) is 18.9. The lowest BCUT2D eigenvalue weighted by molar-refractivity contribution is 0.0474. The quantitative estimate of drug-likeness (QED) is 0.237. The molecule has 0 radical (unpaired) electrons. The van der Waals surface area contributed by atoms with Gasteiger partial charge in [0.15, 0.2) is 5.96 Å². The fourth-order valence-corrected chi connectivity index (χ4v) is 1.87. The molecule has 0 fully saturated rings. The van der Waals surface area contributed by atoms with Crippen LogP contribution in [0.25, 0.3) is 0 Å². The average molecular weight is 456 g/mol. The van der Waals surface area contributed by atoms with Crippen LogP contribution in [0.4, 0.5) is 4.79 Å². The van der Waals surface area contributed by atoms with Gasteiger partial charge >= 0.3 is 6.09 Å². The maximum atomic E-state index is 11.9. The Labute approximate surface area is 165 Å². The molecular formula is C17H37IN4O2. The van der Waals surface area contributed by atoms with Gasteiger partial charge in [0.25, 0.3) is 0 Å². The minimum absolute atomic E-state index is 0. The van der Waals surface area contributed by atoms with Gasteiger partial charge < -0.3 is 20.7 Å². The summed E-state index contributed by atoms with van der Waals surface area (Å²) < 4.78 is 5.28. The van der Waals surface area contributed by atoms with Gasteiger partial charge in [0.05, 0.1) is 5.54 Å². The van der Waals surface area contributed by atoms with E-state index in [1.54, 1.807) is 7.05 Å². The molecule has 0 saturated heterocycles. The Hall–Kier alpha value is -0.730. The van der Waals surface area contributed by atoms with E-state index in [9.17, 15) is 4.79 Å². The molecule has 0 aliphatic rings. The highest BCUT2D eigenvalue weighted by atomic mass is 127. The Balaban J connectivity index is 0. The summed E-state index contributed by atoms with van der Waals surface area (Å²) in [7, 11) is 1.74. The summed E-state index contributed by atoms with van der Waals surface area (Å²) >= 11 is 0. The van der Waals surface area contributed by atoms with Crippen molar-refractivity contribution in [1.29, 1.82) is 0 Å². The van der Waals surface area contributed by atoms with Crippen LogP contribution in [-0.4, -0.2) is 43.3 Å². The van der Waals surface area contributed by atoms with Gasteiger partial charge in [0.2, 0.25) is 0 Å². The molecule has 24 heavy (non-hydrogen) atoms. The molecule has 7 heteroatoms. The van der Waals surface area contributed by atoms with Gasteiger partial charge in [-0.2, -0.15) is 0 Å². The van der Waals surface area contributed by atoms with Crippen LogP contribution >= 0.6 is 24.0 Å². The molecule has 0 aliphatic heterocycles. The topological polar surface area (TPSA) is 74.8 Å². The van der Waals surface area contributed by atoms with Crippen LogP contribution in [0.3, 0.4) is 0 Å². The molecule has 0 saturated carbocycles. The van der Waals surface area contributed by atoms with Gasteiger partial charge in [-0.1, -0.05) is 13.8 Å². The number of hydrogen-bond acceptors (Lipinski definition) is 3. The minimum Gasteiger partial charge on any atom is -0.444 e. The number of hydrogen-bond donors (Lipinski definition) is 3. The smallest absolute Gasteiger partial charge is 0.408 e. The van der Waals surface area contributed by atoms with Crippen LogP contribution in [0, 0.1) is 5.92 Å². The molecule has 0 aliphatic carbocycles. The summed E-state index contributed by atoms with van der Waals surface area (Å²) in [5.41, 5.74) is -0.945. The molecule has 0 rings (SSSR count). The molecule has 0 aromatic carbocycles. The number of guanidine groups is 1. The van der Waals surface area contributed by atoms with E-state index >= 15 is 0 Å². The predicted octanol–water partition coefficient (Wildman–Crippen LogP) is 3.51. The molecule has 0 spiro atoms. The summed E-state index contributed by atoms with van der Waals surface area (Å²) in [5.74, 6) is 1.46. The Morgan fingerprint density at radius 2 is 1.71 bits per heavy atom. The summed E-state index contributed by atoms with van der Waals surface area (Å²) in [4.78, 5) is 16.1. The van der Waals surface area contributed by atoms with Crippen LogP contribution in [0.5, 0.6) is 0 Å². The van der Waals surface area contributed by atoms with E-state index < -0.39 is 17.2 Å². The first-order chi connectivity index (χ1) is 10.4. The highest BCUT2D eigenvalue weighted by molar-refractivity contribution is 14.0. The molecule has 0 atom stereocenters. The number of carbonyl (C=O) groups excluding carboxylic acids is 1. The van der Waals surface area contributed by atoms with Crippen LogP contribution in [0.2, 0.25) is 0 Å². The first-order valence-corrected chi connectivity index (χ1v) is 8.41. The number of rotatable bonds is 7. The highest BCUT2D eigenvalue weighted by Crippen LogP contribution is 2.09. The molecule has 0 bridgehead atoms. The van der Waals surface area contributed by atoms with Crippen molar-refractivity contribution < 1.29 is 9.53 Å². The number of alkyl carbamates (subject to hydrolysis) is 1. The van der Waals surface area contributed by atoms with Crippen LogP contribution in [0.15, 0.2) is 4.99 Å². The van der Waals surface area contributed by atoms with Crippen molar-refractivity contribution in [3.63, 3.8) is 0 Å². The standard InChI is InChI=1S/C17H36N4O2.HI/c1-13(2)10-9-11-19-14(18-8)20-12-17(6,7)21-15(22)23-16(3,4)5;/h13H,9-12H2,1-8H3,(H,21,22)(H2,18,19,20);1H. The number of carbonyl (C=O) groups is 1. The van der Waals surface area contributed by atoms with Gasteiger partial charge in [0.1, 0.15) is 5.60 Å². The van der Waals surface area contributed by atoms with Crippen LogP contribution in [0.1, 0.15) is 61.3 Å². The monoisotopic (exact) mass is 456 g/mol. The third-order valence-electron chi connectivity index (χ3n) is 3.01. The maximum absolute atomic E-state index is 11.9. The third kappa shape index (κ3) is 14.8. The van der Waals surface area contributed by atoms with Crippen molar-refractivity contribution in [2.24, 2.45) is 10.9 Å². The molecule has 1 amide bonds. The van der Waals surface area contributed by atoms with Crippen molar-refractivity contribution in [2.45, 2.75) is 72.4 Å². The van der Waals surface area contributed by atoms with E-state index in [1.807, 2.05) is 34.6 Å². The first-order valence-electron chi connectivity index (χ1n) is 8.41. The van der Waals surface area contributed by atoms with E-state index in [0.717, 1.165) is 18.9 Å². The number of amides is 1. The number of nitrogens with one attached hydrogen (secondary N) is 3. The van der Waals surface area contributed by atoms with Crippen molar-refractivity contribution in [1.82, 2.24) is 16.0 Å². The number of halogens is 1. The molecule has 144 valence electrons. The molecule has 0 unspecified atom stereocenters. The van der Waals surface area contributed by atoms with E-state index in [1.165, 1.54) is 6.42 Å². The lowest BCUT2D eigenvalue weighted by atomic mass is 10.1. The summed E-state index contributed by atoms with van der Waals surface area (Å²) in [6.07, 6.45) is 1.89. The Morgan fingerprint density at radius 1 is 1.12 bits per heavy atom. The Morgan fingerprint density at radius 3 is 2.17 bits per heavy atom. The van der Waals surface area contributed by atoms with E-state index in [0.29, 0.717) is 12.5 Å². The number of aliphatic imine (C=N–C) groups is 1. The van der Waals surface area contributed by atoms with Gasteiger partial charge in [-0.15, -0.1) is 24.0 Å². The fourth-order valence-electron chi connectivity index (χ4n) is 1.87. The zero-order valence-electron chi connectivity index (χ0n) is 16.6. The van der Waals surface area contributed by atoms with Crippen molar-refractivity contribution in [2.75, 3.05) is 20.1 Å². The van der Waals surface area contributed by atoms with Crippen LogP contribution < -0.4 is 16.0 Å². The molecule has 3 N–H and O–H groups in total. The lowest BCUT2D eigenvalue weighted by Gasteiger charge is -2.29. The maximum Gasteiger partial charge on any atom is 0.408 e. The zero-order chi connectivity index (χ0) is 18.1. The highest BCUT2D eigenvalue weighted by Gasteiger charge is 2.24. The fraction of sp³-hybridized carbons (Fsp3) is 0.882. The van der Waals surface area contributed by atoms with Crippen LogP contribution in [-0.2, 0) is 4.74 Å². The summed E-state index contributed by atoms with van der Waals surface area (Å²) in [5, 5.41) is 9.39. The first kappa shape index (κ1) is 25.5. The van der Waals surface area contributed by atoms with Gasteiger partial charge in [-0.05, 0) is 53.4 Å². The molecule has 0 aromatic rings. The predicted molar refractivity (Wildman–Crippen MR) is 112 cm³/mol. The molecule has 0 aromatic heterocycles. The minimum atomic E-state index is -0.498. The van der Waals surface area contributed by atoms with Gasteiger partial charge in [-0.3, -0.25) is 4.99 Å². The van der Waals surface area contributed by atoms with Gasteiger partial charge in [-0.25, -0.2) is 4.79 Å². The molecule has 0 heterocycles. The van der Waals surface area contributed by atoms with E-state index in [-0.39, 0.29) is 24.0 Å². The van der Waals surface area contributed by atoms with E-state index in [4.69, 9.17) is 4.74 Å². The SMILES string of the molecule is CN=C(NCCCC(C)C)NCC(C)(C)NC(=O)OC(C)(C)C.I. The number of ether oxygens (including phenoxy) is 1. The molecule has 6 nitrogen and oxygen atoms in total. The largest absolute Gasteiger partial charge is 0.444 e. The summed E-state index contributed by atoms with van der Waals surface area (Å²) in [6.45, 7) is 15.3. The van der Waals surface area contributed by atoms with E-state index in [2.05, 4.69) is 34.8 Å². The Kier molecular flexibility index (Phi) is 12.5. The number of nitrogens with zero attached hydrogens (tertiary/aromatic N) is 1. The summed E-state index contributed by atoms with van der Waals surface area (Å²) in [6, 6.07) is 0.